The zero-order valence-corrected chi connectivity index (χ0v) is 8.84. The van der Waals surface area contributed by atoms with Crippen molar-refractivity contribution in [2.45, 2.75) is 6.92 Å². The average molecular weight is 213 g/mol. The lowest BCUT2D eigenvalue weighted by molar-refractivity contribution is 0.103. The van der Waals surface area contributed by atoms with Crippen molar-refractivity contribution in [1.82, 2.24) is 9.97 Å². The Hall–Kier alpha value is -2.23. The van der Waals surface area contributed by atoms with E-state index >= 15 is 0 Å². The molecule has 4 nitrogen and oxygen atoms in total. The van der Waals surface area contributed by atoms with Gasteiger partial charge in [0.15, 0.2) is 0 Å². The highest BCUT2D eigenvalue weighted by atomic mass is 16.1. The number of hydrogen-bond donors (Lipinski definition) is 1. The van der Waals surface area contributed by atoms with Crippen LogP contribution in [0, 0.1) is 6.92 Å². The number of aromatic nitrogens is 2. The lowest BCUT2D eigenvalue weighted by atomic mass is 10.1. The monoisotopic (exact) mass is 213 g/mol. The van der Waals surface area contributed by atoms with E-state index in [2.05, 4.69) is 9.97 Å². The molecule has 0 aliphatic carbocycles. The van der Waals surface area contributed by atoms with Crippen LogP contribution in [-0.4, -0.2) is 15.8 Å². The van der Waals surface area contributed by atoms with Crippen molar-refractivity contribution < 1.29 is 4.79 Å². The van der Waals surface area contributed by atoms with Crippen molar-refractivity contribution in [2.24, 2.45) is 0 Å². The molecule has 2 aromatic rings. The van der Waals surface area contributed by atoms with Crippen LogP contribution in [0.4, 0.5) is 5.69 Å². The zero-order chi connectivity index (χ0) is 11.5. The molecule has 0 spiro atoms. The molecule has 4 heteroatoms. The predicted octanol–water partition coefficient (Wildman–Crippen LogP) is 1.60. The number of pyridine rings is 2. The van der Waals surface area contributed by atoms with Crippen molar-refractivity contribution in [3.05, 3.63) is 53.6 Å². The summed E-state index contributed by atoms with van der Waals surface area (Å²) in [5, 5.41) is 0. The number of ketones is 1. The molecule has 0 aromatic carbocycles. The SMILES string of the molecule is Cc1cccc(C(=O)c2cnccc2N)n1. The van der Waals surface area contributed by atoms with Crippen molar-refractivity contribution in [1.29, 1.82) is 0 Å². The van der Waals surface area contributed by atoms with E-state index in [1.165, 1.54) is 6.20 Å². The maximum atomic E-state index is 12.0. The molecule has 80 valence electrons. The number of nitrogen functional groups attached to an aromatic ring is 1. The molecule has 0 fully saturated rings. The molecule has 0 atom stereocenters. The van der Waals surface area contributed by atoms with Gasteiger partial charge in [-0.2, -0.15) is 0 Å². The summed E-state index contributed by atoms with van der Waals surface area (Å²) in [7, 11) is 0. The van der Waals surface area contributed by atoms with E-state index in [0.717, 1.165) is 5.69 Å². The van der Waals surface area contributed by atoms with Crippen LogP contribution in [0.1, 0.15) is 21.7 Å². The van der Waals surface area contributed by atoms with E-state index in [9.17, 15) is 4.79 Å². The molecule has 2 heterocycles. The minimum absolute atomic E-state index is 0.200. The van der Waals surface area contributed by atoms with Crippen LogP contribution >= 0.6 is 0 Å². The number of anilines is 1. The number of hydrogen-bond acceptors (Lipinski definition) is 4. The predicted molar refractivity (Wildman–Crippen MR) is 61.1 cm³/mol. The Morgan fingerprint density at radius 2 is 2.12 bits per heavy atom. The number of carbonyl (C=O) groups is 1. The van der Waals surface area contributed by atoms with Gasteiger partial charge >= 0.3 is 0 Å². The molecule has 0 radical (unpaired) electrons. The minimum atomic E-state index is -0.200. The summed E-state index contributed by atoms with van der Waals surface area (Å²) in [5.41, 5.74) is 7.71. The van der Waals surface area contributed by atoms with Crippen LogP contribution in [0.15, 0.2) is 36.7 Å². The molecule has 16 heavy (non-hydrogen) atoms. The Bertz CT molecular complexity index is 537. The third-order valence-electron chi connectivity index (χ3n) is 2.22. The first kappa shape index (κ1) is 10.3. The maximum Gasteiger partial charge on any atom is 0.214 e. The first-order valence-corrected chi connectivity index (χ1v) is 4.86. The third-order valence-corrected chi connectivity index (χ3v) is 2.22. The molecule has 0 bridgehead atoms. The fourth-order valence-electron chi connectivity index (χ4n) is 1.40. The normalized spacial score (nSPS) is 10.1. The fraction of sp³-hybridized carbons (Fsp3) is 0.0833. The lowest BCUT2D eigenvalue weighted by Gasteiger charge is -2.03. The Morgan fingerprint density at radius 1 is 1.31 bits per heavy atom. The van der Waals surface area contributed by atoms with Crippen molar-refractivity contribution in [3.63, 3.8) is 0 Å². The maximum absolute atomic E-state index is 12.0. The van der Waals surface area contributed by atoms with Gasteiger partial charge in [0.05, 0.1) is 5.56 Å². The summed E-state index contributed by atoms with van der Waals surface area (Å²) < 4.78 is 0. The first-order chi connectivity index (χ1) is 7.68. The van der Waals surface area contributed by atoms with Gasteiger partial charge in [-0.05, 0) is 25.1 Å². The largest absolute Gasteiger partial charge is 0.398 e. The molecule has 0 unspecified atom stereocenters. The second-order valence-corrected chi connectivity index (χ2v) is 3.46. The van der Waals surface area contributed by atoms with E-state index < -0.39 is 0 Å². The van der Waals surface area contributed by atoms with Crippen LogP contribution < -0.4 is 5.73 Å². The third kappa shape index (κ3) is 1.91. The molecular weight excluding hydrogens is 202 g/mol. The summed E-state index contributed by atoms with van der Waals surface area (Å²) in [6, 6.07) is 6.90. The second kappa shape index (κ2) is 4.10. The van der Waals surface area contributed by atoms with E-state index in [0.29, 0.717) is 16.9 Å². The summed E-state index contributed by atoms with van der Waals surface area (Å²) in [6.45, 7) is 1.84. The molecule has 0 aliphatic rings. The van der Waals surface area contributed by atoms with Gasteiger partial charge in [-0.25, -0.2) is 4.98 Å². The number of nitrogens with zero attached hydrogens (tertiary/aromatic N) is 2. The molecule has 0 saturated heterocycles. The molecule has 0 amide bonds. The van der Waals surface area contributed by atoms with Gasteiger partial charge in [-0.15, -0.1) is 0 Å². The quantitative estimate of drug-likeness (QED) is 0.769. The van der Waals surface area contributed by atoms with E-state index in [1.807, 2.05) is 13.0 Å². The summed E-state index contributed by atoms with van der Waals surface area (Å²) in [6.07, 6.45) is 3.01. The van der Waals surface area contributed by atoms with Crippen LogP contribution in [0.5, 0.6) is 0 Å². The van der Waals surface area contributed by atoms with E-state index in [-0.39, 0.29) is 5.78 Å². The smallest absolute Gasteiger partial charge is 0.214 e. The van der Waals surface area contributed by atoms with Crippen LogP contribution in [0.2, 0.25) is 0 Å². The van der Waals surface area contributed by atoms with Crippen LogP contribution in [-0.2, 0) is 0 Å². The van der Waals surface area contributed by atoms with E-state index in [1.54, 1.807) is 24.4 Å². The van der Waals surface area contributed by atoms with Crippen LogP contribution in [0.3, 0.4) is 0 Å². The molecule has 0 aliphatic heterocycles. The fourth-order valence-corrected chi connectivity index (χ4v) is 1.40. The number of carbonyl (C=O) groups excluding carboxylic acids is 1. The number of rotatable bonds is 2. The summed E-state index contributed by atoms with van der Waals surface area (Å²) in [5.74, 6) is -0.200. The first-order valence-electron chi connectivity index (χ1n) is 4.86. The van der Waals surface area contributed by atoms with Gasteiger partial charge in [-0.1, -0.05) is 6.07 Å². The van der Waals surface area contributed by atoms with Gasteiger partial charge < -0.3 is 5.73 Å². The molecule has 2 N–H and O–H groups in total. The van der Waals surface area contributed by atoms with E-state index in [4.69, 9.17) is 5.73 Å². The summed E-state index contributed by atoms with van der Waals surface area (Å²) in [4.78, 5) is 20.1. The van der Waals surface area contributed by atoms with Gasteiger partial charge in [0.1, 0.15) is 5.69 Å². The van der Waals surface area contributed by atoms with Crippen molar-refractivity contribution in [2.75, 3.05) is 5.73 Å². The highest BCUT2D eigenvalue weighted by Crippen LogP contribution is 2.13. The lowest BCUT2D eigenvalue weighted by Crippen LogP contribution is -2.08. The Labute approximate surface area is 93.2 Å². The molecule has 2 rings (SSSR count). The standard InChI is InChI=1S/C12H11N3O/c1-8-3-2-4-11(15-8)12(16)9-7-14-6-5-10(9)13/h2-7H,1H3,(H2,13,14). The van der Waals surface area contributed by atoms with Gasteiger partial charge in [0, 0.05) is 23.8 Å². The Kier molecular flexibility index (Phi) is 2.64. The number of aryl methyl sites for hydroxylation is 1. The van der Waals surface area contributed by atoms with Crippen LogP contribution in [0.25, 0.3) is 0 Å². The van der Waals surface area contributed by atoms with Gasteiger partial charge in [0.25, 0.3) is 0 Å². The highest BCUT2D eigenvalue weighted by Gasteiger charge is 2.13. The highest BCUT2D eigenvalue weighted by molar-refractivity contribution is 6.10. The Balaban J connectivity index is 2.44. The number of nitrogens with two attached hydrogens (primary N) is 1. The molecular formula is C12H11N3O. The van der Waals surface area contributed by atoms with Crippen molar-refractivity contribution in [3.8, 4) is 0 Å². The Morgan fingerprint density at radius 3 is 2.81 bits per heavy atom. The molecule has 0 saturated carbocycles. The van der Waals surface area contributed by atoms with Gasteiger partial charge in [-0.3, -0.25) is 9.78 Å². The average Bonchev–Trinajstić information content (AvgIpc) is 2.29. The van der Waals surface area contributed by atoms with Crippen molar-refractivity contribution >= 4 is 11.5 Å². The minimum Gasteiger partial charge on any atom is -0.398 e. The van der Waals surface area contributed by atoms with Gasteiger partial charge in [0.2, 0.25) is 5.78 Å². The second-order valence-electron chi connectivity index (χ2n) is 3.46. The molecule has 2 aromatic heterocycles. The summed E-state index contributed by atoms with van der Waals surface area (Å²) >= 11 is 0. The zero-order valence-electron chi connectivity index (χ0n) is 8.84. The topological polar surface area (TPSA) is 68.9 Å².